The van der Waals surface area contributed by atoms with Gasteiger partial charge in [0.2, 0.25) is 0 Å². The van der Waals surface area contributed by atoms with Crippen LogP contribution in [0.1, 0.15) is 38.5 Å². The van der Waals surface area contributed by atoms with E-state index in [-0.39, 0.29) is 0 Å². The van der Waals surface area contributed by atoms with E-state index in [2.05, 4.69) is 0 Å². The molecule has 0 aromatic heterocycles. The summed E-state index contributed by atoms with van der Waals surface area (Å²) in [4.78, 5) is 0. The average molecular weight is 204 g/mol. The lowest BCUT2D eigenvalue weighted by molar-refractivity contribution is -0.0766. The van der Waals surface area contributed by atoms with E-state index in [9.17, 15) is 0 Å². The molecule has 2 saturated heterocycles. The fourth-order valence-corrected chi connectivity index (χ4v) is 2.29. The van der Waals surface area contributed by atoms with Crippen LogP contribution in [0.3, 0.4) is 0 Å². The second-order valence-electron chi connectivity index (χ2n) is 3.76. The Bertz CT molecular complexity index is 160. The molecule has 0 saturated carbocycles. The fraction of sp³-hybridized carbons (Fsp3) is 0.900. The van der Waals surface area contributed by atoms with E-state index in [0.29, 0.717) is 0 Å². The summed E-state index contributed by atoms with van der Waals surface area (Å²) in [5.74, 6) is 0. The second kappa shape index (κ2) is 4.16. The Labute approximate surface area is 84.5 Å². The van der Waals surface area contributed by atoms with Crippen LogP contribution in [0, 0.1) is 6.10 Å². The highest BCUT2D eigenvalue weighted by Gasteiger charge is 2.41. The predicted octanol–water partition coefficient (Wildman–Crippen LogP) is 2.85. The molecule has 0 spiro atoms. The SMILES string of the molecule is ClC1([C]2CCCCO2)CCCCO1. The molecule has 1 atom stereocenters. The molecule has 0 aromatic carbocycles. The first kappa shape index (κ1) is 9.75. The monoisotopic (exact) mass is 203 g/mol. The van der Waals surface area contributed by atoms with E-state index >= 15 is 0 Å². The van der Waals surface area contributed by atoms with Crippen LogP contribution in [-0.2, 0) is 9.47 Å². The number of ether oxygens (including phenoxy) is 2. The molecule has 13 heavy (non-hydrogen) atoms. The van der Waals surface area contributed by atoms with Crippen molar-refractivity contribution in [3.05, 3.63) is 6.10 Å². The molecule has 3 heteroatoms. The van der Waals surface area contributed by atoms with Crippen LogP contribution in [0.25, 0.3) is 0 Å². The van der Waals surface area contributed by atoms with Gasteiger partial charge in [0.25, 0.3) is 0 Å². The highest BCUT2D eigenvalue weighted by Crippen LogP contribution is 2.42. The molecule has 2 aliphatic rings. The minimum Gasteiger partial charge on any atom is -0.367 e. The van der Waals surface area contributed by atoms with Crippen LogP contribution in [0.4, 0.5) is 0 Å². The van der Waals surface area contributed by atoms with Crippen LogP contribution in [0.5, 0.6) is 0 Å². The Morgan fingerprint density at radius 2 is 1.92 bits per heavy atom. The van der Waals surface area contributed by atoms with Gasteiger partial charge in [-0.1, -0.05) is 11.6 Å². The van der Waals surface area contributed by atoms with Crippen LogP contribution < -0.4 is 0 Å². The summed E-state index contributed by atoms with van der Waals surface area (Å²) >= 11 is 6.37. The van der Waals surface area contributed by atoms with Crippen molar-refractivity contribution >= 4 is 11.6 Å². The quantitative estimate of drug-likeness (QED) is 0.611. The van der Waals surface area contributed by atoms with Gasteiger partial charge in [-0.3, -0.25) is 0 Å². The Balaban J connectivity index is 1.94. The zero-order valence-electron chi connectivity index (χ0n) is 7.85. The largest absolute Gasteiger partial charge is 0.367 e. The third kappa shape index (κ3) is 2.17. The normalized spacial score (nSPS) is 37.6. The van der Waals surface area contributed by atoms with Crippen molar-refractivity contribution < 1.29 is 9.47 Å². The summed E-state index contributed by atoms with van der Waals surface area (Å²) in [6, 6.07) is 0. The predicted molar refractivity (Wildman–Crippen MR) is 51.4 cm³/mol. The molecule has 2 fully saturated rings. The first-order valence-electron chi connectivity index (χ1n) is 5.13. The molecular weight excluding hydrogens is 188 g/mol. The molecule has 2 heterocycles. The lowest BCUT2D eigenvalue weighted by Crippen LogP contribution is -2.39. The lowest BCUT2D eigenvalue weighted by atomic mass is 9.97. The van der Waals surface area contributed by atoms with Gasteiger partial charge in [0.15, 0.2) is 5.06 Å². The Hall–Kier alpha value is 0.210. The van der Waals surface area contributed by atoms with Crippen molar-refractivity contribution in [2.75, 3.05) is 13.2 Å². The third-order valence-corrected chi connectivity index (χ3v) is 3.22. The minimum absolute atomic E-state index is 0.585. The Morgan fingerprint density at radius 3 is 2.54 bits per heavy atom. The summed E-state index contributed by atoms with van der Waals surface area (Å²) in [6.07, 6.45) is 7.47. The highest BCUT2D eigenvalue weighted by atomic mass is 35.5. The number of halogens is 1. The molecular formula is C10H16ClO2. The standard InChI is InChI=1S/C10H16ClO2/c11-10(6-2-4-8-13-10)9-5-1-3-7-12-9/h1-8H2. The molecule has 2 aliphatic heterocycles. The van der Waals surface area contributed by atoms with Gasteiger partial charge in [0.1, 0.15) is 6.10 Å². The van der Waals surface area contributed by atoms with Crippen LogP contribution in [0.15, 0.2) is 0 Å². The maximum absolute atomic E-state index is 6.37. The Morgan fingerprint density at radius 1 is 1.08 bits per heavy atom. The molecule has 1 radical (unpaired) electrons. The van der Waals surface area contributed by atoms with Gasteiger partial charge in [0.05, 0.1) is 0 Å². The van der Waals surface area contributed by atoms with E-state index in [4.69, 9.17) is 21.1 Å². The summed E-state index contributed by atoms with van der Waals surface area (Å²) in [5.41, 5.74) is 0. The average Bonchev–Trinajstić information content (AvgIpc) is 2.20. The minimum atomic E-state index is -0.585. The number of hydrogen-bond acceptors (Lipinski definition) is 2. The molecule has 0 aromatic rings. The maximum Gasteiger partial charge on any atom is 0.173 e. The maximum atomic E-state index is 6.37. The molecule has 1 unspecified atom stereocenters. The molecule has 75 valence electrons. The molecule has 0 amide bonds. The van der Waals surface area contributed by atoms with Crippen molar-refractivity contribution in [3.8, 4) is 0 Å². The zero-order chi connectivity index (χ0) is 9.15. The van der Waals surface area contributed by atoms with Gasteiger partial charge in [-0.15, -0.1) is 0 Å². The third-order valence-electron chi connectivity index (χ3n) is 2.71. The van der Waals surface area contributed by atoms with Crippen molar-refractivity contribution in [2.45, 2.75) is 43.6 Å². The first-order valence-corrected chi connectivity index (χ1v) is 5.51. The lowest BCUT2D eigenvalue weighted by Gasteiger charge is -2.38. The first-order chi connectivity index (χ1) is 6.31. The van der Waals surface area contributed by atoms with Gasteiger partial charge in [0, 0.05) is 13.2 Å². The van der Waals surface area contributed by atoms with Crippen LogP contribution in [-0.4, -0.2) is 18.3 Å². The van der Waals surface area contributed by atoms with Gasteiger partial charge in [-0.2, -0.15) is 0 Å². The van der Waals surface area contributed by atoms with Gasteiger partial charge in [-0.25, -0.2) is 0 Å². The molecule has 2 nitrogen and oxygen atoms in total. The van der Waals surface area contributed by atoms with Crippen molar-refractivity contribution in [1.82, 2.24) is 0 Å². The summed E-state index contributed by atoms with van der Waals surface area (Å²) in [5, 5.41) is -0.585. The molecule has 0 bridgehead atoms. The number of hydrogen-bond donors (Lipinski definition) is 0. The summed E-state index contributed by atoms with van der Waals surface area (Å²) < 4.78 is 11.2. The van der Waals surface area contributed by atoms with Gasteiger partial charge < -0.3 is 9.47 Å². The molecule has 0 aliphatic carbocycles. The number of rotatable bonds is 1. The van der Waals surface area contributed by atoms with Crippen molar-refractivity contribution in [3.63, 3.8) is 0 Å². The van der Waals surface area contributed by atoms with Crippen LogP contribution >= 0.6 is 11.6 Å². The van der Waals surface area contributed by atoms with Crippen molar-refractivity contribution in [1.29, 1.82) is 0 Å². The van der Waals surface area contributed by atoms with E-state index in [1.165, 1.54) is 6.42 Å². The van der Waals surface area contributed by atoms with E-state index in [1.54, 1.807) is 0 Å². The topological polar surface area (TPSA) is 18.5 Å². The van der Waals surface area contributed by atoms with E-state index in [1.807, 2.05) is 0 Å². The van der Waals surface area contributed by atoms with Crippen molar-refractivity contribution in [2.24, 2.45) is 0 Å². The van der Waals surface area contributed by atoms with E-state index in [0.717, 1.165) is 51.4 Å². The zero-order valence-corrected chi connectivity index (χ0v) is 8.61. The summed E-state index contributed by atoms with van der Waals surface area (Å²) in [7, 11) is 0. The van der Waals surface area contributed by atoms with Gasteiger partial charge in [-0.05, 0) is 38.5 Å². The fourth-order valence-electron chi connectivity index (χ4n) is 1.93. The summed E-state index contributed by atoms with van der Waals surface area (Å²) in [6.45, 7) is 1.59. The van der Waals surface area contributed by atoms with Gasteiger partial charge >= 0.3 is 0 Å². The molecule has 2 rings (SSSR count). The van der Waals surface area contributed by atoms with E-state index < -0.39 is 5.06 Å². The Kier molecular flexibility index (Phi) is 3.12. The highest BCUT2D eigenvalue weighted by molar-refractivity contribution is 6.24. The number of alkyl halides is 1. The molecule has 0 N–H and O–H groups in total. The smallest absolute Gasteiger partial charge is 0.173 e. The van der Waals surface area contributed by atoms with Crippen LogP contribution in [0.2, 0.25) is 0 Å². The second-order valence-corrected chi connectivity index (χ2v) is 4.37.